The zero-order valence-corrected chi connectivity index (χ0v) is 13.2. The second kappa shape index (κ2) is 5.86. The number of aliphatic hydroxyl groups is 1. The van der Waals surface area contributed by atoms with Crippen LogP contribution in [0, 0.1) is 11.8 Å². The van der Waals surface area contributed by atoms with Crippen molar-refractivity contribution in [2.24, 2.45) is 11.8 Å². The first-order valence-corrected chi connectivity index (χ1v) is 8.28. The molecule has 1 saturated carbocycles. The maximum absolute atomic E-state index is 12.3. The fraction of sp³-hybridized carbons (Fsp3) is 0.938. The van der Waals surface area contributed by atoms with Crippen molar-refractivity contribution in [3.63, 3.8) is 0 Å². The average molecular weight is 296 g/mol. The van der Waals surface area contributed by atoms with E-state index in [0.29, 0.717) is 31.3 Å². The molecular formula is C16H28N2O3. The van der Waals surface area contributed by atoms with Crippen LogP contribution in [0.4, 0.5) is 0 Å². The Morgan fingerprint density at radius 3 is 2.86 bits per heavy atom. The van der Waals surface area contributed by atoms with Gasteiger partial charge in [-0.2, -0.15) is 0 Å². The largest absolute Gasteiger partial charge is 0.388 e. The molecule has 0 radical (unpaired) electrons. The highest BCUT2D eigenvalue weighted by molar-refractivity contribution is 5.76. The van der Waals surface area contributed by atoms with E-state index in [4.69, 9.17) is 4.74 Å². The minimum Gasteiger partial charge on any atom is -0.388 e. The molecule has 0 aromatic heterocycles. The number of piperidine rings is 1. The van der Waals surface area contributed by atoms with Gasteiger partial charge in [-0.25, -0.2) is 0 Å². The molecule has 0 bridgehead atoms. The molecule has 0 aromatic rings. The standard InChI is InChI=1S/C16H28N2O3/c1-16(20)8-12-9-18(15(19)7-11-3-4-11)6-5-13(12)21-10-14(16)17-2/h11-14,17,20H,3-10H2,1-2H3/t12-,13+,14+,16+/m0/s1. The predicted octanol–water partition coefficient (Wildman–Crippen LogP) is 0.763. The van der Waals surface area contributed by atoms with Crippen molar-refractivity contribution in [2.75, 3.05) is 26.7 Å². The number of hydrogen-bond acceptors (Lipinski definition) is 4. The molecule has 4 atom stereocenters. The molecule has 21 heavy (non-hydrogen) atoms. The van der Waals surface area contributed by atoms with E-state index < -0.39 is 5.60 Å². The molecule has 0 spiro atoms. The summed E-state index contributed by atoms with van der Waals surface area (Å²) >= 11 is 0. The van der Waals surface area contributed by atoms with E-state index in [0.717, 1.165) is 19.5 Å². The van der Waals surface area contributed by atoms with Gasteiger partial charge in [-0.15, -0.1) is 0 Å². The first-order chi connectivity index (χ1) is 9.99. The summed E-state index contributed by atoms with van der Waals surface area (Å²) in [6.07, 6.45) is 4.91. The zero-order valence-electron chi connectivity index (χ0n) is 13.2. The monoisotopic (exact) mass is 296 g/mol. The Labute approximate surface area is 127 Å². The van der Waals surface area contributed by atoms with Crippen LogP contribution in [-0.2, 0) is 9.53 Å². The van der Waals surface area contributed by atoms with Gasteiger partial charge < -0.3 is 20.1 Å². The molecule has 0 aromatic carbocycles. The van der Waals surface area contributed by atoms with Crippen LogP contribution in [0.15, 0.2) is 0 Å². The summed E-state index contributed by atoms with van der Waals surface area (Å²) in [5, 5.41) is 13.8. The first-order valence-electron chi connectivity index (χ1n) is 8.28. The summed E-state index contributed by atoms with van der Waals surface area (Å²) < 4.78 is 6.01. The summed E-state index contributed by atoms with van der Waals surface area (Å²) in [6, 6.07) is -0.0429. The maximum atomic E-state index is 12.3. The van der Waals surface area contributed by atoms with Crippen LogP contribution in [0.25, 0.3) is 0 Å². The van der Waals surface area contributed by atoms with Crippen LogP contribution in [0.5, 0.6) is 0 Å². The van der Waals surface area contributed by atoms with Gasteiger partial charge in [-0.05, 0) is 45.6 Å². The molecule has 3 aliphatic rings. The lowest BCUT2D eigenvalue weighted by atomic mass is 9.82. The van der Waals surface area contributed by atoms with Crippen LogP contribution < -0.4 is 5.32 Å². The van der Waals surface area contributed by atoms with Gasteiger partial charge in [0.25, 0.3) is 0 Å². The molecule has 1 amide bonds. The molecule has 120 valence electrons. The quantitative estimate of drug-likeness (QED) is 0.807. The third-order valence-corrected chi connectivity index (χ3v) is 5.43. The molecule has 3 fully saturated rings. The molecule has 1 aliphatic carbocycles. The SMILES string of the molecule is CN[C@@H]1CO[C@@H]2CCN(C(=O)CC3CC3)C[C@@H]2C[C@@]1(C)O. The third-order valence-electron chi connectivity index (χ3n) is 5.43. The molecule has 2 N–H and O–H groups in total. The number of hydrogen-bond donors (Lipinski definition) is 2. The number of likely N-dealkylation sites (N-methyl/N-ethyl adjacent to an activating group) is 1. The van der Waals surface area contributed by atoms with E-state index in [-0.39, 0.29) is 18.1 Å². The highest BCUT2D eigenvalue weighted by atomic mass is 16.5. The van der Waals surface area contributed by atoms with Gasteiger partial charge in [0, 0.05) is 25.4 Å². The van der Waals surface area contributed by atoms with Gasteiger partial charge in [0.15, 0.2) is 0 Å². The highest BCUT2D eigenvalue weighted by Gasteiger charge is 2.43. The molecule has 5 heteroatoms. The predicted molar refractivity (Wildman–Crippen MR) is 79.9 cm³/mol. The van der Waals surface area contributed by atoms with Crippen LogP contribution >= 0.6 is 0 Å². The Balaban J connectivity index is 1.63. The van der Waals surface area contributed by atoms with Gasteiger partial charge in [0.05, 0.1) is 24.4 Å². The lowest BCUT2D eigenvalue weighted by Gasteiger charge is -2.39. The van der Waals surface area contributed by atoms with Crippen molar-refractivity contribution < 1.29 is 14.6 Å². The maximum Gasteiger partial charge on any atom is 0.222 e. The molecule has 2 saturated heterocycles. The smallest absolute Gasteiger partial charge is 0.222 e. The normalized spacial score (nSPS) is 40.5. The second-order valence-corrected chi connectivity index (χ2v) is 7.31. The minimum atomic E-state index is -0.781. The lowest BCUT2D eigenvalue weighted by Crippen LogP contribution is -2.51. The Morgan fingerprint density at radius 2 is 2.19 bits per heavy atom. The van der Waals surface area contributed by atoms with E-state index in [1.54, 1.807) is 0 Å². The van der Waals surface area contributed by atoms with Crippen molar-refractivity contribution in [1.82, 2.24) is 10.2 Å². The number of nitrogens with zero attached hydrogens (tertiary/aromatic N) is 1. The number of amides is 1. The van der Waals surface area contributed by atoms with Crippen LogP contribution in [0.1, 0.15) is 39.0 Å². The number of nitrogens with one attached hydrogen (secondary N) is 1. The molecular weight excluding hydrogens is 268 g/mol. The van der Waals surface area contributed by atoms with E-state index in [1.165, 1.54) is 12.8 Å². The van der Waals surface area contributed by atoms with Gasteiger partial charge in [-0.1, -0.05) is 0 Å². The number of carbonyl (C=O) groups excluding carboxylic acids is 1. The Bertz CT molecular complexity index is 395. The summed E-state index contributed by atoms with van der Waals surface area (Å²) in [7, 11) is 1.86. The van der Waals surface area contributed by atoms with Crippen LogP contribution in [-0.4, -0.2) is 60.4 Å². The fourth-order valence-corrected chi connectivity index (χ4v) is 3.82. The topological polar surface area (TPSA) is 61.8 Å². The number of likely N-dealkylation sites (tertiary alicyclic amines) is 1. The Kier molecular flexibility index (Phi) is 4.26. The highest BCUT2D eigenvalue weighted by Crippen LogP contribution is 2.36. The third kappa shape index (κ3) is 3.41. The van der Waals surface area contributed by atoms with Crippen LogP contribution in [0.2, 0.25) is 0 Å². The van der Waals surface area contributed by atoms with Crippen molar-refractivity contribution >= 4 is 5.91 Å². The first kappa shape index (κ1) is 15.3. The summed E-state index contributed by atoms with van der Waals surface area (Å²) in [6.45, 7) is 3.97. The van der Waals surface area contributed by atoms with Crippen molar-refractivity contribution in [3.8, 4) is 0 Å². The molecule has 2 heterocycles. The molecule has 5 nitrogen and oxygen atoms in total. The number of fused-ring (bicyclic) bond motifs is 1. The minimum absolute atomic E-state index is 0.0429. The van der Waals surface area contributed by atoms with E-state index in [1.807, 2.05) is 18.9 Å². The van der Waals surface area contributed by atoms with Crippen molar-refractivity contribution in [3.05, 3.63) is 0 Å². The van der Waals surface area contributed by atoms with E-state index in [9.17, 15) is 9.90 Å². The summed E-state index contributed by atoms with van der Waals surface area (Å²) in [5.41, 5.74) is -0.781. The second-order valence-electron chi connectivity index (χ2n) is 7.31. The van der Waals surface area contributed by atoms with Gasteiger partial charge >= 0.3 is 0 Å². The van der Waals surface area contributed by atoms with Crippen molar-refractivity contribution in [1.29, 1.82) is 0 Å². The number of rotatable bonds is 3. The fourth-order valence-electron chi connectivity index (χ4n) is 3.82. The Morgan fingerprint density at radius 1 is 1.43 bits per heavy atom. The van der Waals surface area contributed by atoms with Crippen molar-refractivity contribution in [2.45, 2.75) is 56.8 Å². The average Bonchev–Trinajstić information content (AvgIpc) is 3.24. The lowest BCUT2D eigenvalue weighted by molar-refractivity contribution is -0.136. The number of ether oxygens (including phenoxy) is 1. The Hall–Kier alpha value is -0.650. The van der Waals surface area contributed by atoms with Gasteiger partial charge in [-0.3, -0.25) is 4.79 Å². The molecule has 3 rings (SSSR count). The van der Waals surface area contributed by atoms with E-state index >= 15 is 0 Å². The van der Waals surface area contributed by atoms with Crippen LogP contribution in [0.3, 0.4) is 0 Å². The van der Waals surface area contributed by atoms with E-state index in [2.05, 4.69) is 5.32 Å². The number of carbonyl (C=O) groups is 1. The summed E-state index contributed by atoms with van der Waals surface area (Å²) in [4.78, 5) is 14.3. The molecule has 2 aliphatic heterocycles. The molecule has 0 unspecified atom stereocenters. The van der Waals surface area contributed by atoms with Gasteiger partial charge in [0.2, 0.25) is 5.91 Å². The summed E-state index contributed by atoms with van der Waals surface area (Å²) in [5.74, 6) is 1.18. The zero-order chi connectivity index (χ0) is 15.0. The van der Waals surface area contributed by atoms with Gasteiger partial charge in [0.1, 0.15) is 0 Å².